The van der Waals surface area contributed by atoms with E-state index in [2.05, 4.69) is 64.4 Å². The number of halogens is 1. The van der Waals surface area contributed by atoms with Crippen LogP contribution < -0.4 is 15.5 Å². The molecule has 1 aliphatic heterocycles. The zero-order valence-corrected chi connectivity index (χ0v) is 22.1. The Kier molecular flexibility index (Phi) is 14.9. The Hall–Kier alpha value is -1.10. The van der Waals surface area contributed by atoms with Gasteiger partial charge in [-0.15, -0.1) is 24.0 Å². The second kappa shape index (κ2) is 16.5. The molecule has 1 heterocycles. The summed E-state index contributed by atoms with van der Waals surface area (Å²) in [6.07, 6.45) is 0.917. The summed E-state index contributed by atoms with van der Waals surface area (Å²) in [5, 5.41) is 6.78. The first-order chi connectivity index (χ1) is 14.7. The lowest BCUT2D eigenvalue weighted by molar-refractivity contribution is 0.0702. The van der Waals surface area contributed by atoms with Gasteiger partial charge in [0.15, 0.2) is 5.96 Å². The van der Waals surface area contributed by atoms with Gasteiger partial charge >= 0.3 is 0 Å². The largest absolute Gasteiger partial charge is 0.382 e. The molecule has 0 aromatic heterocycles. The highest BCUT2D eigenvalue weighted by Crippen LogP contribution is 2.23. The van der Waals surface area contributed by atoms with E-state index in [0.29, 0.717) is 13.2 Å². The van der Waals surface area contributed by atoms with Crippen molar-refractivity contribution in [1.29, 1.82) is 0 Å². The molecule has 0 saturated carbocycles. The van der Waals surface area contributed by atoms with Gasteiger partial charge in [-0.1, -0.05) is 12.1 Å². The van der Waals surface area contributed by atoms with Gasteiger partial charge in [0, 0.05) is 71.8 Å². The van der Waals surface area contributed by atoms with Gasteiger partial charge in [-0.05, 0) is 44.4 Å². The number of benzene rings is 1. The van der Waals surface area contributed by atoms with Crippen molar-refractivity contribution in [2.24, 2.45) is 4.99 Å². The Balaban J connectivity index is 0.00000480. The summed E-state index contributed by atoms with van der Waals surface area (Å²) in [4.78, 5) is 9.69. The monoisotopic (exact) mass is 547 g/mol. The quantitative estimate of drug-likeness (QED) is 0.182. The maximum absolute atomic E-state index is 5.49. The van der Waals surface area contributed by atoms with E-state index in [4.69, 9.17) is 9.47 Å². The van der Waals surface area contributed by atoms with Crippen LogP contribution in [0.1, 0.15) is 24.5 Å². The molecule has 31 heavy (non-hydrogen) atoms. The number of anilines is 1. The second-order valence-corrected chi connectivity index (χ2v) is 7.69. The summed E-state index contributed by atoms with van der Waals surface area (Å²) < 4.78 is 10.5. The normalized spacial score (nSPS) is 15.0. The summed E-state index contributed by atoms with van der Waals surface area (Å²) in [5.74, 6) is 0.892. The van der Waals surface area contributed by atoms with Crippen LogP contribution >= 0.6 is 24.0 Å². The summed E-state index contributed by atoms with van der Waals surface area (Å²) in [6, 6.07) is 6.61. The Morgan fingerprint density at radius 3 is 2.55 bits per heavy atom. The van der Waals surface area contributed by atoms with Crippen LogP contribution in [0.3, 0.4) is 0 Å². The van der Waals surface area contributed by atoms with Gasteiger partial charge in [-0.3, -0.25) is 9.89 Å². The van der Waals surface area contributed by atoms with Gasteiger partial charge in [0.25, 0.3) is 0 Å². The minimum absolute atomic E-state index is 0. The molecule has 0 unspecified atom stereocenters. The number of hydrogen-bond donors (Lipinski definition) is 2. The topological polar surface area (TPSA) is 61.4 Å². The molecule has 178 valence electrons. The molecule has 8 heteroatoms. The average molecular weight is 548 g/mol. The fourth-order valence-electron chi connectivity index (χ4n) is 3.57. The Morgan fingerprint density at radius 2 is 1.84 bits per heavy atom. The van der Waals surface area contributed by atoms with Crippen molar-refractivity contribution >= 4 is 35.6 Å². The van der Waals surface area contributed by atoms with Crippen LogP contribution in [-0.2, 0) is 9.47 Å². The average Bonchev–Trinajstić information content (AvgIpc) is 2.75. The second-order valence-electron chi connectivity index (χ2n) is 7.69. The van der Waals surface area contributed by atoms with Gasteiger partial charge in [0.05, 0.1) is 13.2 Å². The lowest BCUT2D eigenvalue weighted by Gasteiger charge is -2.37. The van der Waals surface area contributed by atoms with Crippen molar-refractivity contribution in [2.45, 2.75) is 27.2 Å². The first kappa shape index (κ1) is 27.9. The molecule has 2 rings (SSSR count). The minimum atomic E-state index is 0. The highest BCUT2D eigenvalue weighted by Gasteiger charge is 2.18. The van der Waals surface area contributed by atoms with Gasteiger partial charge in [0.2, 0.25) is 0 Å². The molecular weight excluding hydrogens is 505 g/mol. The molecular formula is C23H42IN5O2. The number of rotatable bonds is 12. The zero-order chi connectivity index (χ0) is 21.6. The van der Waals surface area contributed by atoms with Crippen LogP contribution in [0.5, 0.6) is 0 Å². The molecule has 0 bridgehead atoms. The number of guanidine groups is 1. The Labute approximate surface area is 206 Å². The van der Waals surface area contributed by atoms with Gasteiger partial charge in [-0.25, -0.2) is 0 Å². The first-order valence-corrected chi connectivity index (χ1v) is 11.3. The van der Waals surface area contributed by atoms with Crippen molar-refractivity contribution in [3.63, 3.8) is 0 Å². The molecule has 0 atom stereocenters. The van der Waals surface area contributed by atoms with E-state index >= 15 is 0 Å². The number of nitrogens with one attached hydrogen (secondary N) is 2. The number of piperazine rings is 1. The fourth-order valence-corrected chi connectivity index (χ4v) is 3.57. The number of nitrogens with zero attached hydrogens (tertiary/aromatic N) is 3. The number of aryl methyl sites for hydroxylation is 1. The number of aliphatic imine (C=N–C) groups is 1. The zero-order valence-electron chi connectivity index (χ0n) is 19.8. The van der Waals surface area contributed by atoms with Crippen molar-refractivity contribution in [3.8, 4) is 0 Å². The van der Waals surface area contributed by atoms with Crippen LogP contribution in [0.25, 0.3) is 0 Å². The summed E-state index contributed by atoms with van der Waals surface area (Å²) in [7, 11) is 1.69. The summed E-state index contributed by atoms with van der Waals surface area (Å²) >= 11 is 0. The maximum atomic E-state index is 5.49. The molecule has 1 saturated heterocycles. The number of ether oxygens (including phenoxy) is 2. The molecule has 1 aromatic carbocycles. The fraction of sp³-hybridized carbons (Fsp3) is 0.696. The van der Waals surface area contributed by atoms with Crippen molar-refractivity contribution in [2.75, 3.05) is 84.2 Å². The standard InChI is InChI=1S/C23H41N5O2.HI/c1-5-24-23(25-10-7-17-30-19-18-29-4)26-11-12-27-13-15-28(16-14-27)22-9-6-8-20(2)21(22)3;/h6,8-9H,5,7,10-19H2,1-4H3,(H2,24,25,26);1H. The van der Waals surface area contributed by atoms with Gasteiger partial charge in [0.1, 0.15) is 0 Å². The number of hydrogen-bond acceptors (Lipinski definition) is 5. The van der Waals surface area contributed by atoms with E-state index in [1.807, 2.05) is 0 Å². The third-order valence-corrected chi connectivity index (χ3v) is 5.50. The lowest BCUT2D eigenvalue weighted by Crippen LogP contribution is -2.49. The predicted octanol–water partition coefficient (Wildman–Crippen LogP) is 2.65. The van der Waals surface area contributed by atoms with Crippen molar-refractivity contribution in [1.82, 2.24) is 15.5 Å². The lowest BCUT2D eigenvalue weighted by atomic mass is 10.1. The molecule has 2 N–H and O–H groups in total. The maximum Gasteiger partial charge on any atom is 0.191 e. The molecule has 0 amide bonds. The minimum Gasteiger partial charge on any atom is -0.382 e. The van der Waals surface area contributed by atoms with Crippen LogP contribution in [0.4, 0.5) is 5.69 Å². The third kappa shape index (κ3) is 10.4. The Bertz CT molecular complexity index is 636. The van der Waals surface area contributed by atoms with Crippen LogP contribution in [0.15, 0.2) is 23.2 Å². The van der Waals surface area contributed by atoms with Crippen LogP contribution in [0.2, 0.25) is 0 Å². The van der Waals surface area contributed by atoms with E-state index in [-0.39, 0.29) is 24.0 Å². The highest BCUT2D eigenvalue weighted by atomic mass is 127. The first-order valence-electron chi connectivity index (χ1n) is 11.3. The predicted molar refractivity (Wildman–Crippen MR) is 141 cm³/mol. The smallest absolute Gasteiger partial charge is 0.191 e. The molecule has 7 nitrogen and oxygen atoms in total. The molecule has 1 fully saturated rings. The highest BCUT2D eigenvalue weighted by molar-refractivity contribution is 14.0. The van der Waals surface area contributed by atoms with E-state index in [1.165, 1.54) is 16.8 Å². The SMILES string of the molecule is CCNC(=NCCCOCCOC)NCCN1CCN(c2cccc(C)c2C)CC1.I. The Morgan fingerprint density at radius 1 is 1.06 bits per heavy atom. The van der Waals surface area contributed by atoms with E-state index < -0.39 is 0 Å². The molecule has 0 spiro atoms. The van der Waals surface area contributed by atoms with Gasteiger partial charge < -0.3 is 25.0 Å². The van der Waals surface area contributed by atoms with Crippen LogP contribution in [0, 0.1) is 13.8 Å². The molecule has 1 aliphatic rings. The molecule has 0 aliphatic carbocycles. The summed E-state index contributed by atoms with van der Waals surface area (Å²) in [5.41, 5.74) is 4.17. The van der Waals surface area contributed by atoms with E-state index in [0.717, 1.165) is 71.3 Å². The van der Waals surface area contributed by atoms with Crippen molar-refractivity contribution < 1.29 is 9.47 Å². The van der Waals surface area contributed by atoms with E-state index in [1.54, 1.807) is 7.11 Å². The van der Waals surface area contributed by atoms with Crippen LogP contribution in [-0.4, -0.2) is 90.1 Å². The van der Waals surface area contributed by atoms with Crippen molar-refractivity contribution in [3.05, 3.63) is 29.3 Å². The molecule has 0 radical (unpaired) electrons. The summed E-state index contributed by atoms with van der Waals surface area (Å²) in [6.45, 7) is 16.5. The van der Waals surface area contributed by atoms with Gasteiger partial charge in [-0.2, -0.15) is 0 Å². The van der Waals surface area contributed by atoms with E-state index in [9.17, 15) is 0 Å². The number of methoxy groups -OCH3 is 1. The molecule has 1 aromatic rings. The third-order valence-electron chi connectivity index (χ3n) is 5.50.